The molecule has 4 nitrogen and oxygen atoms in total. The van der Waals surface area contributed by atoms with Crippen LogP contribution in [0, 0.1) is 12.7 Å². The van der Waals surface area contributed by atoms with E-state index in [4.69, 9.17) is 0 Å². The van der Waals surface area contributed by atoms with Gasteiger partial charge in [-0.2, -0.15) is 0 Å². The molecular weight excluding hydrogens is 293 g/mol. The molecule has 0 atom stereocenters. The van der Waals surface area contributed by atoms with Gasteiger partial charge in [0.1, 0.15) is 5.82 Å². The molecule has 0 fully saturated rings. The molecule has 23 heavy (non-hydrogen) atoms. The average molecular weight is 315 g/mol. The van der Waals surface area contributed by atoms with Crippen molar-refractivity contribution in [1.82, 2.24) is 15.2 Å². The second kappa shape index (κ2) is 7.83. The third kappa shape index (κ3) is 4.86. The minimum Gasteiger partial charge on any atom is -0.352 e. The lowest BCUT2D eigenvalue weighted by atomic mass is 10.1. The SMILES string of the molecule is Cc1nc(-c2ccc(F)cc2)ccc1C(=O)NCCCN(C)C. The van der Waals surface area contributed by atoms with Crippen LogP contribution in [0.3, 0.4) is 0 Å². The van der Waals surface area contributed by atoms with Gasteiger partial charge in [-0.05, 0) is 70.4 Å². The van der Waals surface area contributed by atoms with Crippen molar-refractivity contribution in [3.63, 3.8) is 0 Å². The van der Waals surface area contributed by atoms with E-state index < -0.39 is 0 Å². The molecule has 0 radical (unpaired) electrons. The van der Waals surface area contributed by atoms with Gasteiger partial charge in [0.2, 0.25) is 0 Å². The Morgan fingerprint density at radius 2 is 1.87 bits per heavy atom. The highest BCUT2D eigenvalue weighted by Gasteiger charge is 2.11. The van der Waals surface area contributed by atoms with Crippen molar-refractivity contribution < 1.29 is 9.18 Å². The summed E-state index contributed by atoms with van der Waals surface area (Å²) in [4.78, 5) is 18.7. The second-order valence-corrected chi connectivity index (χ2v) is 5.75. The average Bonchev–Trinajstić information content (AvgIpc) is 2.51. The van der Waals surface area contributed by atoms with Crippen LogP contribution >= 0.6 is 0 Å². The van der Waals surface area contributed by atoms with Gasteiger partial charge in [-0.3, -0.25) is 9.78 Å². The van der Waals surface area contributed by atoms with Gasteiger partial charge < -0.3 is 10.2 Å². The summed E-state index contributed by atoms with van der Waals surface area (Å²) >= 11 is 0. The third-order valence-corrected chi connectivity index (χ3v) is 3.54. The predicted molar refractivity (Wildman–Crippen MR) is 89.9 cm³/mol. The van der Waals surface area contributed by atoms with Crippen LogP contribution in [0.5, 0.6) is 0 Å². The zero-order valence-corrected chi connectivity index (χ0v) is 13.8. The fourth-order valence-corrected chi connectivity index (χ4v) is 2.27. The Hall–Kier alpha value is -2.27. The molecule has 1 amide bonds. The lowest BCUT2D eigenvalue weighted by Gasteiger charge is -2.11. The lowest BCUT2D eigenvalue weighted by Crippen LogP contribution is -2.27. The van der Waals surface area contributed by atoms with Crippen LogP contribution in [-0.2, 0) is 0 Å². The van der Waals surface area contributed by atoms with Crippen molar-refractivity contribution in [2.45, 2.75) is 13.3 Å². The molecule has 0 aliphatic carbocycles. The van der Waals surface area contributed by atoms with Gasteiger partial charge in [0.25, 0.3) is 5.91 Å². The fraction of sp³-hybridized carbons (Fsp3) is 0.333. The van der Waals surface area contributed by atoms with Gasteiger partial charge >= 0.3 is 0 Å². The standard InChI is InChI=1S/C18H22FN3O/c1-13-16(18(23)20-11-4-12-22(2)3)9-10-17(21-13)14-5-7-15(19)8-6-14/h5-10H,4,11-12H2,1-3H3,(H,20,23). The predicted octanol–water partition coefficient (Wildman–Crippen LogP) is 2.88. The van der Waals surface area contributed by atoms with Gasteiger partial charge in [0.15, 0.2) is 0 Å². The Balaban J connectivity index is 2.04. The first-order valence-electron chi connectivity index (χ1n) is 7.64. The number of nitrogens with one attached hydrogen (secondary N) is 1. The van der Waals surface area contributed by atoms with Crippen molar-refractivity contribution in [1.29, 1.82) is 0 Å². The molecule has 2 rings (SSSR count). The Bertz CT molecular complexity index is 668. The Kier molecular flexibility index (Phi) is 5.82. The summed E-state index contributed by atoms with van der Waals surface area (Å²) in [5.74, 6) is -0.390. The lowest BCUT2D eigenvalue weighted by molar-refractivity contribution is 0.0951. The molecule has 0 spiro atoms. The van der Waals surface area contributed by atoms with Crippen LogP contribution in [0.15, 0.2) is 36.4 Å². The molecule has 1 aromatic carbocycles. The summed E-state index contributed by atoms with van der Waals surface area (Å²) in [5.41, 5.74) is 2.79. The number of rotatable bonds is 6. The van der Waals surface area contributed by atoms with Crippen molar-refractivity contribution >= 4 is 5.91 Å². The number of benzene rings is 1. The highest BCUT2D eigenvalue weighted by molar-refractivity contribution is 5.95. The number of hydrogen-bond acceptors (Lipinski definition) is 3. The number of amides is 1. The number of aryl methyl sites for hydroxylation is 1. The quantitative estimate of drug-likeness (QED) is 0.834. The first-order chi connectivity index (χ1) is 11.0. The summed E-state index contributed by atoms with van der Waals surface area (Å²) in [7, 11) is 4.01. The van der Waals surface area contributed by atoms with Crippen LogP contribution in [0.2, 0.25) is 0 Å². The normalized spacial score (nSPS) is 10.8. The van der Waals surface area contributed by atoms with E-state index in [1.54, 1.807) is 24.3 Å². The van der Waals surface area contributed by atoms with Crippen LogP contribution in [0.4, 0.5) is 4.39 Å². The number of aromatic nitrogens is 1. The van der Waals surface area contributed by atoms with Crippen LogP contribution < -0.4 is 5.32 Å². The van der Waals surface area contributed by atoms with Crippen molar-refractivity contribution in [3.8, 4) is 11.3 Å². The van der Waals surface area contributed by atoms with Gasteiger partial charge in [0.05, 0.1) is 17.0 Å². The number of halogens is 1. The number of carbonyl (C=O) groups is 1. The maximum atomic E-state index is 13.0. The van der Waals surface area contributed by atoms with Crippen LogP contribution in [0.1, 0.15) is 22.5 Å². The van der Waals surface area contributed by atoms with E-state index in [9.17, 15) is 9.18 Å². The highest BCUT2D eigenvalue weighted by atomic mass is 19.1. The Morgan fingerprint density at radius 1 is 1.17 bits per heavy atom. The molecule has 2 aromatic rings. The maximum absolute atomic E-state index is 13.0. The molecule has 1 heterocycles. The molecule has 0 saturated heterocycles. The van der Waals surface area contributed by atoms with E-state index in [-0.39, 0.29) is 11.7 Å². The first kappa shape index (κ1) is 17.1. The van der Waals surface area contributed by atoms with E-state index in [2.05, 4.69) is 15.2 Å². The zero-order chi connectivity index (χ0) is 16.8. The maximum Gasteiger partial charge on any atom is 0.253 e. The number of pyridine rings is 1. The van der Waals surface area contributed by atoms with Gasteiger partial charge in [0, 0.05) is 12.1 Å². The van der Waals surface area contributed by atoms with E-state index in [1.165, 1.54) is 12.1 Å². The summed E-state index contributed by atoms with van der Waals surface area (Å²) in [6.07, 6.45) is 0.902. The van der Waals surface area contributed by atoms with E-state index in [1.807, 2.05) is 21.0 Å². The summed E-state index contributed by atoms with van der Waals surface area (Å²) in [6, 6.07) is 9.71. The van der Waals surface area contributed by atoms with E-state index in [0.29, 0.717) is 17.8 Å². The molecule has 1 aromatic heterocycles. The molecule has 0 aliphatic heterocycles. The Labute approximate surface area is 136 Å². The molecule has 5 heteroatoms. The number of hydrogen-bond donors (Lipinski definition) is 1. The molecule has 0 unspecified atom stereocenters. The summed E-state index contributed by atoms with van der Waals surface area (Å²) in [5, 5.41) is 2.91. The minimum absolute atomic E-state index is 0.112. The van der Waals surface area contributed by atoms with Gasteiger partial charge in [-0.15, -0.1) is 0 Å². The molecular formula is C18H22FN3O. The zero-order valence-electron chi connectivity index (χ0n) is 13.8. The van der Waals surface area contributed by atoms with E-state index in [0.717, 1.165) is 24.2 Å². The summed E-state index contributed by atoms with van der Waals surface area (Å²) in [6.45, 7) is 3.37. The third-order valence-electron chi connectivity index (χ3n) is 3.54. The van der Waals surface area contributed by atoms with Crippen LogP contribution in [0.25, 0.3) is 11.3 Å². The minimum atomic E-state index is -0.279. The molecule has 1 N–H and O–H groups in total. The van der Waals surface area contributed by atoms with Crippen molar-refractivity contribution in [2.24, 2.45) is 0 Å². The van der Waals surface area contributed by atoms with E-state index >= 15 is 0 Å². The molecule has 0 saturated carbocycles. The molecule has 0 aliphatic rings. The molecule has 0 bridgehead atoms. The first-order valence-corrected chi connectivity index (χ1v) is 7.64. The number of carbonyl (C=O) groups excluding carboxylic acids is 1. The summed E-state index contributed by atoms with van der Waals surface area (Å²) < 4.78 is 13.0. The molecule has 122 valence electrons. The van der Waals surface area contributed by atoms with Gasteiger partial charge in [-0.25, -0.2) is 4.39 Å². The Morgan fingerprint density at radius 3 is 2.48 bits per heavy atom. The highest BCUT2D eigenvalue weighted by Crippen LogP contribution is 2.19. The fourth-order valence-electron chi connectivity index (χ4n) is 2.27. The van der Waals surface area contributed by atoms with Crippen molar-refractivity contribution in [2.75, 3.05) is 27.2 Å². The largest absolute Gasteiger partial charge is 0.352 e. The monoisotopic (exact) mass is 315 g/mol. The van der Waals surface area contributed by atoms with Crippen molar-refractivity contribution in [3.05, 3.63) is 53.5 Å². The number of nitrogens with zero attached hydrogens (tertiary/aromatic N) is 2. The van der Waals surface area contributed by atoms with Gasteiger partial charge in [-0.1, -0.05) is 0 Å². The topological polar surface area (TPSA) is 45.2 Å². The second-order valence-electron chi connectivity index (χ2n) is 5.75. The smallest absolute Gasteiger partial charge is 0.253 e. The van der Waals surface area contributed by atoms with Crippen LogP contribution in [-0.4, -0.2) is 43.0 Å².